The van der Waals surface area contributed by atoms with Crippen LogP contribution in [0.1, 0.15) is 0 Å². The molecule has 0 radical (unpaired) electrons. The molecular weight excluding hydrogens is 214 g/mol. The normalized spacial score (nSPS) is 11.2. The van der Waals surface area contributed by atoms with Crippen LogP contribution in [0, 0.1) is 10.1 Å². The molecule has 0 atom stereocenters. The van der Waals surface area contributed by atoms with Gasteiger partial charge in [-0.3, -0.25) is 10.1 Å². The van der Waals surface area contributed by atoms with Gasteiger partial charge in [0, 0.05) is 6.07 Å². The van der Waals surface area contributed by atoms with E-state index in [4.69, 9.17) is 0 Å². The largest absolute Gasteiger partial charge is 0.513 e. The lowest BCUT2D eigenvalue weighted by Crippen LogP contribution is -2.35. The number of nitro groups is 1. The highest BCUT2D eigenvalue weighted by Crippen LogP contribution is 2.21. The summed E-state index contributed by atoms with van der Waals surface area (Å²) in [5.41, 5.74) is -1.70. The fourth-order valence-corrected chi connectivity index (χ4v) is 1.09. The summed E-state index contributed by atoms with van der Waals surface area (Å²) >= 11 is 0. The lowest BCUT2D eigenvalue weighted by atomic mass is 9.79. The van der Waals surface area contributed by atoms with Crippen molar-refractivity contribution in [3.63, 3.8) is 0 Å². The molecule has 0 spiro atoms. The van der Waals surface area contributed by atoms with Crippen molar-refractivity contribution in [2.45, 2.75) is 0 Å². The lowest BCUT2D eigenvalue weighted by Gasteiger charge is -2.17. The van der Waals surface area contributed by atoms with Crippen molar-refractivity contribution in [3.05, 3.63) is 28.3 Å². The van der Waals surface area contributed by atoms with E-state index in [1.54, 1.807) is 0 Å². The number of hydrogen-bond acceptors (Lipinski definition) is 3. The molecule has 0 aliphatic heterocycles. The van der Waals surface area contributed by atoms with Crippen molar-refractivity contribution in [1.29, 1.82) is 0 Å². The van der Waals surface area contributed by atoms with Crippen molar-refractivity contribution in [1.82, 2.24) is 0 Å². The fraction of sp³-hybridized carbons (Fsp3) is 0.143. The Morgan fingerprint density at radius 3 is 2.40 bits per heavy atom. The maximum Gasteiger partial charge on any atom is 0.513 e. The third-order valence-electron chi connectivity index (χ3n) is 1.78. The van der Waals surface area contributed by atoms with Gasteiger partial charge in [-0.05, 0) is 12.1 Å². The van der Waals surface area contributed by atoms with E-state index >= 15 is 0 Å². The number of methoxy groups -OCH3 is 1. The number of halogens is 3. The van der Waals surface area contributed by atoms with E-state index in [1.807, 2.05) is 0 Å². The zero-order valence-corrected chi connectivity index (χ0v) is 7.62. The number of ether oxygens (including phenoxy) is 1. The molecule has 0 saturated heterocycles. The second-order valence-electron chi connectivity index (χ2n) is 2.76. The Kier molecular flexibility index (Phi) is 2.87. The van der Waals surface area contributed by atoms with Crippen LogP contribution in [-0.2, 0) is 0 Å². The fourth-order valence-electron chi connectivity index (χ4n) is 1.09. The minimum Gasteiger partial charge on any atom is -0.500 e. The van der Waals surface area contributed by atoms with Crippen LogP contribution in [0.5, 0.6) is 5.75 Å². The van der Waals surface area contributed by atoms with Crippen LogP contribution >= 0.6 is 0 Å². The van der Waals surface area contributed by atoms with Crippen molar-refractivity contribution in [3.8, 4) is 5.75 Å². The number of nitrogens with zero attached hydrogens (tertiary/aromatic N) is 1. The molecule has 4 nitrogen and oxygen atoms in total. The van der Waals surface area contributed by atoms with Crippen molar-refractivity contribution in [2.75, 3.05) is 7.11 Å². The average molecular weight is 220 g/mol. The molecule has 0 amide bonds. The molecule has 0 aliphatic carbocycles. The van der Waals surface area contributed by atoms with Gasteiger partial charge in [-0.1, -0.05) is 5.46 Å². The zero-order valence-electron chi connectivity index (χ0n) is 7.62. The molecule has 0 saturated carbocycles. The third-order valence-corrected chi connectivity index (χ3v) is 1.78. The van der Waals surface area contributed by atoms with Crippen LogP contribution in [0.25, 0.3) is 0 Å². The summed E-state index contributed by atoms with van der Waals surface area (Å²) in [6, 6.07) is 2.37. The van der Waals surface area contributed by atoms with E-state index in [-0.39, 0.29) is 0 Å². The van der Waals surface area contributed by atoms with Crippen molar-refractivity contribution in [2.24, 2.45) is 0 Å². The molecular formula is C7H6BF3NO3-. The number of rotatable bonds is 3. The van der Waals surface area contributed by atoms with E-state index in [2.05, 4.69) is 4.74 Å². The summed E-state index contributed by atoms with van der Waals surface area (Å²) in [5, 5.41) is 10.3. The van der Waals surface area contributed by atoms with E-state index in [1.165, 1.54) is 0 Å². The van der Waals surface area contributed by atoms with Crippen molar-refractivity contribution >= 4 is 18.1 Å². The quantitative estimate of drug-likeness (QED) is 0.442. The second kappa shape index (κ2) is 3.80. The van der Waals surface area contributed by atoms with E-state index in [9.17, 15) is 23.1 Å². The SMILES string of the molecule is COc1ccc([N+](=O)[O-])cc1[B-](F)(F)F. The first-order chi connectivity index (χ1) is 6.86. The molecule has 1 aromatic carbocycles. The number of benzene rings is 1. The maximum atomic E-state index is 12.4. The Morgan fingerprint density at radius 1 is 1.40 bits per heavy atom. The van der Waals surface area contributed by atoms with Crippen LogP contribution in [0.3, 0.4) is 0 Å². The smallest absolute Gasteiger partial charge is 0.500 e. The summed E-state index contributed by atoms with van der Waals surface area (Å²) in [6.45, 7) is -5.32. The Morgan fingerprint density at radius 2 is 2.00 bits per heavy atom. The minimum absolute atomic E-state index is 0.409. The number of hydrogen-bond donors (Lipinski definition) is 0. The Hall–Kier alpha value is -1.73. The zero-order chi connectivity index (χ0) is 11.6. The molecule has 0 heterocycles. The molecule has 0 N–H and O–H groups in total. The van der Waals surface area contributed by atoms with Gasteiger partial charge < -0.3 is 17.7 Å². The maximum absolute atomic E-state index is 12.4. The van der Waals surface area contributed by atoms with Gasteiger partial charge >= 0.3 is 6.98 Å². The molecule has 0 aromatic heterocycles. The highest BCUT2D eigenvalue weighted by atomic mass is 19.4. The summed E-state index contributed by atoms with van der Waals surface area (Å²) in [6.07, 6.45) is 0. The monoisotopic (exact) mass is 220 g/mol. The first-order valence-electron chi connectivity index (χ1n) is 3.88. The second-order valence-corrected chi connectivity index (χ2v) is 2.76. The molecule has 82 valence electrons. The van der Waals surface area contributed by atoms with Crippen molar-refractivity contribution < 1.29 is 22.6 Å². The average Bonchev–Trinajstić information content (AvgIpc) is 2.15. The first kappa shape index (κ1) is 11.4. The molecule has 1 rings (SSSR count). The van der Waals surface area contributed by atoms with Gasteiger partial charge in [0.2, 0.25) is 0 Å². The molecule has 0 bridgehead atoms. The summed E-state index contributed by atoms with van der Waals surface area (Å²) in [7, 11) is 1.08. The van der Waals surface area contributed by atoms with Gasteiger partial charge in [0.15, 0.2) is 0 Å². The van der Waals surface area contributed by atoms with Crippen LogP contribution < -0.4 is 10.2 Å². The molecule has 0 fully saturated rings. The molecule has 8 heteroatoms. The minimum atomic E-state index is -5.32. The Labute approximate surface area is 82.9 Å². The highest BCUT2D eigenvalue weighted by Gasteiger charge is 2.30. The topological polar surface area (TPSA) is 52.4 Å². The van der Waals surface area contributed by atoms with Crippen LogP contribution in [0.2, 0.25) is 0 Å². The van der Waals surface area contributed by atoms with Gasteiger partial charge in [0.1, 0.15) is 0 Å². The van der Waals surface area contributed by atoms with E-state index in [0.29, 0.717) is 6.07 Å². The summed E-state index contributed by atoms with van der Waals surface area (Å²) in [5.74, 6) is -0.409. The van der Waals surface area contributed by atoms with Gasteiger partial charge in [0.25, 0.3) is 5.69 Å². The summed E-state index contributed by atoms with van der Waals surface area (Å²) < 4.78 is 41.8. The van der Waals surface area contributed by atoms with E-state index < -0.39 is 28.8 Å². The highest BCUT2D eigenvalue weighted by molar-refractivity contribution is 6.74. The Bertz CT molecular complexity index is 394. The summed E-state index contributed by atoms with van der Waals surface area (Å²) in [4.78, 5) is 9.40. The Balaban J connectivity index is 3.32. The van der Waals surface area contributed by atoms with Gasteiger partial charge in [-0.15, -0.1) is 0 Å². The van der Waals surface area contributed by atoms with Crippen LogP contribution in [-0.4, -0.2) is 19.0 Å². The molecule has 0 aliphatic rings. The van der Waals surface area contributed by atoms with Crippen LogP contribution in [0.15, 0.2) is 18.2 Å². The molecule has 1 aromatic rings. The van der Waals surface area contributed by atoms with E-state index in [0.717, 1.165) is 19.2 Å². The lowest BCUT2D eigenvalue weighted by molar-refractivity contribution is -0.384. The van der Waals surface area contributed by atoms with Gasteiger partial charge in [-0.25, -0.2) is 0 Å². The van der Waals surface area contributed by atoms with Crippen LogP contribution in [0.4, 0.5) is 18.6 Å². The molecule has 15 heavy (non-hydrogen) atoms. The number of nitro benzene ring substituents is 1. The number of non-ortho nitro benzene ring substituents is 1. The third kappa shape index (κ3) is 2.39. The standard InChI is InChI=1S/C7H6BF3NO3/c1-15-7-3-2-5(12(13)14)4-6(7)8(9,10)11/h2-4H,1H3/q-1. The van der Waals surface area contributed by atoms with Gasteiger partial charge in [0.05, 0.1) is 17.8 Å². The molecule has 0 unspecified atom stereocenters. The van der Waals surface area contributed by atoms with Gasteiger partial charge in [-0.2, -0.15) is 0 Å². The predicted molar refractivity (Wildman–Crippen MR) is 48.4 cm³/mol. The first-order valence-corrected chi connectivity index (χ1v) is 3.88. The predicted octanol–water partition coefficient (Wildman–Crippen LogP) is 1.66.